The first-order valence-electron chi connectivity index (χ1n) is 5.56. The third kappa shape index (κ3) is 2.64. The maximum Gasteiger partial charge on any atom is 0.164 e. The molecule has 0 saturated heterocycles. The Morgan fingerprint density at radius 1 is 1.12 bits per heavy atom. The highest BCUT2D eigenvalue weighted by Gasteiger charge is 2.26. The van der Waals surface area contributed by atoms with Gasteiger partial charge >= 0.3 is 0 Å². The van der Waals surface area contributed by atoms with Crippen LogP contribution in [-0.2, 0) is 0 Å². The van der Waals surface area contributed by atoms with Gasteiger partial charge in [-0.25, -0.2) is 9.97 Å². The van der Waals surface area contributed by atoms with Gasteiger partial charge in [0.25, 0.3) is 0 Å². The Bertz CT molecular complexity index is 523. The molecule has 86 valence electrons. The average molecular weight is 291 g/mol. The standard InChI is InChI=1S/C13H11BrN2O/c14-10-2-1-3-11(6-10)17-12-7-15-13(16-8-12)9-4-5-9/h1-3,6-9H,4-5H2. The van der Waals surface area contributed by atoms with E-state index in [9.17, 15) is 0 Å². The molecule has 0 bridgehead atoms. The van der Waals surface area contributed by atoms with Crippen molar-refractivity contribution in [3.63, 3.8) is 0 Å². The monoisotopic (exact) mass is 290 g/mol. The van der Waals surface area contributed by atoms with Gasteiger partial charge in [-0.2, -0.15) is 0 Å². The summed E-state index contributed by atoms with van der Waals surface area (Å²) in [6.07, 6.45) is 5.90. The van der Waals surface area contributed by atoms with E-state index in [0.29, 0.717) is 11.7 Å². The maximum atomic E-state index is 5.66. The summed E-state index contributed by atoms with van der Waals surface area (Å²) in [5.41, 5.74) is 0. The molecule has 0 radical (unpaired) electrons. The van der Waals surface area contributed by atoms with E-state index in [-0.39, 0.29) is 0 Å². The molecule has 0 amide bonds. The number of benzene rings is 1. The van der Waals surface area contributed by atoms with E-state index < -0.39 is 0 Å². The van der Waals surface area contributed by atoms with Gasteiger partial charge in [0.05, 0.1) is 12.4 Å². The van der Waals surface area contributed by atoms with Crippen molar-refractivity contribution in [1.82, 2.24) is 9.97 Å². The quantitative estimate of drug-likeness (QED) is 0.860. The molecule has 1 saturated carbocycles. The van der Waals surface area contributed by atoms with Crippen LogP contribution in [0.2, 0.25) is 0 Å². The Kier molecular flexibility index (Phi) is 2.81. The zero-order valence-corrected chi connectivity index (χ0v) is 10.7. The lowest BCUT2D eigenvalue weighted by molar-refractivity contribution is 0.476. The Balaban J connectivity index is 1.76. The second kappa shape index (κ2) is 4.45. The van der Waals surface area contributed by atoms with Crippen LogP contribution >= 0.6 is 15.9 Å². The Morgan fingerprint density at radius 3 is 2.53 bits per heavy atom. The van der Waals surface area contributed by atoms with Gasteiger partial charge in [0.1, 0.15) is 11.6 Å². The van der Waals surface area contributed by atoms with Crippen molar-refractivity contribution in [3.8, 4) is 11.5 Å². The van der Waals surface area contributed by atoms with E-state index in [4.69, 9.17) is 4.74 Å². The van der Waals surface area contributed by atoms with Crippen LogP contribution in [0.5, 0.6) is 11.5 Å². The van der Waals surface area contributed by atoms with Gasteiger partial charge in [0, 0.05) is 10.4 Å². The van der Waals surface area contributed by atoms with Gasteiger partial charge in [0.15, 0.2) is 5.75 Å². The van der Waals surface area contributed by atoms with Crippen LogP contribution in [0.25, 0.3) is 0 Å². The molecule has 0 atom stereocenters. The molecule has 0 spiro atoms. The minimum atomic E-state index is 0.579. The third-order valence-corrected chi connectivity index (χ3v) is 3.12. The van der Waals surface area contributed by atoms with Crippen molar-refractivity contribution < 1.29 is 4.74 Å². The maximum absolute atomic E-state index is 5.66. The molecule has 3 nitrogen and oxygen atoms in total. The first-order valence-corrected chi connectivity index (χ1v) is 6.36. The van der Waals surface area contributed by atoms with E-state index in [1.54, 1.807) is 12.4 Å². The largest absolute Gasteiger partial charge is 0.454 e. The lowest BCUT2D eigenvalue weighted by atomic mass is 10.3. The molecule has 3 rings (SSSR count). The predicted octanol–water partition coefficient (Wildman–Crippen LogP) is 3.91. The van der Waals surface area contributed by atoms with Gasteiger partial charge in [-0.1, -0.05) is 22.0 Å². The summed E-state index contributed by atoms with van der Waals surface area (Å²) in [5.74, 6) is 2.97. The molecule has 0 unspecified atom stereocenters. The fourth-order valence-corrected chi connectivity index (χ4v) is 1.98. The van der Waals surface area contributed by atoms with Crippen molar-refractivity contribution in [2.75, 3.05) is 0 Å². The summed E-state index contributed by atoms with van der Waals surface area (Å²) in [6.45, 7) is 0. The molecule has 2 aromatic rings. The Hall–Kier alpha value is -1.42. The van der Waals surface area contributed by atoms with E-state index in [1.165, 1.54) is 12.8 Å². The third-order valence-electron chi connectivity index (χ3n) is 2.62. The molecule has 0 N–H and O–H groups in total. The number of ether oxygens (including phenoxy) is 1. The van der Waals surface area contributed by atoms with Gasteiger partial charge in [0.2, 0.25) is 0 Å². The van der Waals surface area contributed by atoms with E-state index in [0.717, 1.165) is 16.0 Å². The molecular weight excluding hydrogens is 280 g/mol. The number of rotatable bonds is 3. The molecule has 1 heterocycles. The highest BCUT2D eigenvalue weighted by molar-refractivity contribution is 9.10. The second-order valence-corrected chi connectivity index (χ2v) is 5.03. The fourth-order valence-electron chi connectivity index (χ4n) is 1.60. The van der Waals surface area contributed by atoms with Gasteiger partial charge in [-0.15, -0.1) is 0 Å². The summed E-state index contributed by atoms with van der Waals surface area (Å²) in [4.78, 5) is 8.62. The molecule has 0 aliphatic heterocycles. The summed E-state index contributed by atoms with van der Waals surface area (Å²) < 4.78 is 6.65. The number of hydrogen-bond acceptors (Lipinski definition) is 3. The zero-order valence-electron chi connectivity index (χ0n) is 9.14. The van der Waals surface area contributed by atoms with E-state index in [2.05, 4.69) is 25.9 Å². The average Bonchev–Trinajstić information content (AvgIpc) is 3.14. The molecule has 1 aromatic heterocycles. The first-order chi connectivity index (χ1) is 8.31. The van der Waals surface area contributed by atoms with Crippen LogP contribution in [0.15, 0.2) is 41.1 Å². The lowest BCUT2D eigenvalue weighted by Gasteiger charge is -2.05. The van der Waals surface area contributed by atoms with Crippen LogP contribution in [0.3, 0.4) is 0 Å². The van der Waals surface area contributed by atoms with Crippen LogP contribution < -0.4 is 4.74 Å². The van der Waals surface area contributed by atoms with Crippen molar-refractivity contribution in [3.05, 3.63) is 47.0 Å². The van der Waals surface area contributed by atoms with Crippen LogP contribution in [0.1, 0.15) is 24.6 Å². The van der Waals surface area contributed by atoms with Gasteiger partial charge in [-0.3, -0.25) is 0 Å². The van der Waals surface area contributed by atoms with Crippen LogP contribution in [0, 0.1) is 0 Å². The Labute approximate surface area is 108 Å². The molecule has 1 aliphatic rings. The van der Waals surface area contributed by atoms with Crippen molar-refractivity contribution in [1.29, 1.82) is 0 Å². The normalized spacial score (nSPS) is 14.6. The van der Waals surface area contributed by atoms with Crippen molar-refractivity contribution >= 4 is 15.9 Å². The number of hydrogen-bond donors (Lipinski definition) is 0. The van der Waals surface area contributed by atoms with Gasteiger partial charge < -0.3 is 4.74 Å². The lowest BCUT2D eigenvalue weighted by Crippen LogP contribution is -1.92. The number of nitrogens with zero attached hydrogens (tertiary/aromatic N) is 2. The van der Waals surface area contributed by atoms with Gasteiger partial charge in [-0.05, 0) is 31.0 Å². The van der Waals surface area contributed by atoms with Crippen LogP contribution in [0.4, 0.5) is 0 Å². The molecular formula is C13H11BrN2O. The molecule has 4 heteroatoms. The fraction of sp³-hybridized carbons (Fsp3) is 0.231. The smallest absolute Gasteiger partial charge is 0.164 e. The highest BCUT2D eigenvalue weighted by Crippen LogP contribution is 2.38. The number of halogens is 1. The Morgan fingerprint density at radius 2 is 1.88 bits per heavy atom. The number of aromatic nitrogens is 2. The summed E-state index contributed by atoms with van der Waals surface area (Å²) in [7, 11) is 0. The minimum Gasteiger partial charge on any atom is -0.454 e. The van der Waals surface area contributed by atoms with E-state index in [1.807, 2.05) is 24.3 Å². The predicted molar refractivity (Wildman–Crippen MR) is 68.2 cm³/mol. The molecule has 17 heavy (non-hydrogen) atoms. The molecule has 1 fully saturated rings. The van der Waals surface area contributed by atoms with E-state index >= 15 is 0 Å². The van der Waals surface area contributed by atoms with Crippen molar-refractivity contribution in [2.24, 2.45) is 0 Å². The SMILES string of the molecule is Brc1cccc(Oc2cnc(C3CC3)nc2)c1. The summed E-state index contributed by atoms with van der Waals surface area (Å²) in [5, 5.41) is 0. The second-order valence-electron chi connectivity index (χ2n) is 4.11. The zero-order chi connectivity index (χ0) is 11.7. The summed E-state index contributed by atoms with van der Waals surface area (Å²) in [6, 6.07) is 7.70. The first kappa shape index (κ1) is 10.7. The highest BCUT2D eigenvalue weighted by atomic mass is 79.9. The molecule has 1 aromatic carbocycles. The van der Waals surface area contributed by atoms with Crippen molar-refractivity contribution in [2.45, 2.75) is 18.8 Å². The summed E-state index contributed by atoms with van der Waals surface area (Å²) >= 11 is 3.40. The topological polar surface area (TPSA) is 35.0 Å². The van der Waals surface area contributed by atoms with Crippen LogP contribution in [-0.4, -0.2) is 9.97 Å². The minimum absolute atomic E-state index is 0.579. The molecule has 1 aliphatic carbocycles.